The Labute approximate surface area is 164 Å². The van der Waals surface area contributed by atoms with Gasteiger partial charge >= 0.3 is 0 Å². The number of sulfonamides is 1. The molecule has 0 spiro atoms. The first-order valence-corrected chi connectivity index (χ1v) is 11.6. The van der Waals surface area contributed by atoms with E-state index in [1.54, 1.807) is 4.90 Å². The summed E-state index contributed by atoms with van der Waals surface area (Å²) in [5.41, 5.74) is 0.891. The van der Waals surface area contributed by atoms with Crippen LogP contribution in [0.1, 0.15) is 44.0 Å². The first-order chi connectivity index (χ1) is 13.4. The van der Waals surface area contributed by atoms with Crippen molar-refractivity contribution in [2.24, 2.45) is 5.92 Å². The Kier molecular flexibility index (Phi) is 5.20. The summed E-state index contributed by atoms with van der Waals surface area (Å²) < 4.78 is 26.1. The van der Waals surface area contributed by atoms with E-state index in [0.29, 0.717) is 24.6 Å². The third kappa shape index (κ3) is 4.10. The van der Waals surface area contributed by atoms with Gasteiger partial charge in [-0.3, -0.25) is 9.89 Å². The van der Waals surface area contributed by atoms with Gasteiger partial charge in [0.05, 0.1) is 12.3 Å². The van der Waals surface area contributed by atoms with Gasteiger partial charge in [-0.15, -0.1) is 0 Å². The second kappa shape index (κ2) is 7.63. The minimum atomic E-state index is -3.35. The molecule has 0 unspecified atom stereocenters. The van der Waals surface area contributed by atoms with E-state index in [4.69, 9.17) is 0 Å². The van der Waals surface area contributed by atoms with E-state index >= 15 is 0 Å². The van der Waals surface area contributed by atoms with Gasteiger partial charge < -0.3 is 4.90 Å². The van der Waals surface area contributed by atoms with Crippen LogP contribution in [0.15, 0.2) is 30.3 Å². The van der Waals surface area contributed by atoms with E-state index in [-0.39, 0.29) is 23.9 Å². The number of benzene rings is 1. The van der Waals surface area contributed by atoms with Crippen LogP contribution in [0.5, 0.6) is 0 Å². The van der Waals surface area contributed by atoms with Gasteiger partial charge in [-0.2, -0.15) is 5.10 Å². The van der Waals surface area contributed by atoms with Crippen molar-refractivity contribution in [1.29, 1.82) is 0 Å². The number of carbonyl (C=O) groups excluding carboxylic acids is 1. The SMILES string of the molecule is CS(=O)(=O)N[C@H]1C[C@@H](c2nc(-c3ccccc3)n[nH]2)N(C(=O)C2CCCC2)C1. The van der Waals surface area contributed by atoms with Crippen molar-refractivity contribution in [1.82, 2.24) is 24.8 Å². The first-order valence-electron chi connectivity index (χ1n) is 9.66. The van der Waals surface area contributed by atoms with Crippen molar-refractivity contribution in [3.8, 4) is 11.4 Å². The molecule has 150 valence electrons. The fourth-order valence-electron chi connectivity index (χ4n) is 4.27. The Morgan fingerprint density at radius 1 is 1.21 bits per heavy atom. The highest BCUT2D eigenvalue weighted by molar-refractivity contribution is 7.88. The largest absolute Gasteiger partial charge is 0.331 e. The number of rotatable bonds is 5. The zero-order chi connectivity index (χ0) is 19.7. The molecule has 2 N–H and O–H groups in total. The summed E-state index contributed by atoms with van der Waals surface area (Å²) in [5, 5.41) is 7.28. The molecule has 28 heavy (non-hydrogen) atoms. The van der Waals surface area contributed by atoms with Crippen molar-refractivity contribution in [3.63, 3.8) is 0 Å². The zero-order valence-electron chi connectivity index (χ0n) is 15.8. The number of H-pyrrole nitrogens is 1. The molecule has 8 nitrogen and oxygen atoms in total. The molecule has 1 aliphatic heterocycles. The zero-order valence-corrected chi connectivity index (χ0v) is 16.7. The highest BCUT2D eigenvalue weighted by Crippen LogP contribution is 2.36. The van der Waals surface area contributed by atoms with Crippen molar-refractivity contribution in [2.75, 3.05) is 12.8 Å². The smallest absolute Gasteiger partial charge is 0.226 e. The van der Waals surface area contributed by atoms with Crippen LogP contribution in [0, 0.1) is 5.92 Å². The molecule has 4 rings (SSSR count). The number of likely N-dealkylation sites (tertiary alicyclic amines) is 1. The summed E-state index contributed by atoms with van der Waals surface area (Å²) in [5.74, 6) is 1.29. The standard InChI is InChI=1S/C19H25N5O3S/c1-28(26,27)23-15-11-16(24(12-15)19(25)14-9-5-6-10-14)18-20-17(21-22-18)13-7-3-2-4-8-13/h2-4,7-8,14-16,23H,5-6,9-12H2,1H3,(H,20,21,22)/t15-,16-/m0/s1. The van der Waals surface area contributed by atoms with Crippen molar-refractivity contribution < 1.29 is 13.2 Å². The van der Waals surface area contributed by atoms with E-state index in [1.807, 2.05) is 30.3 Å². The number of nitrogens with one attached hydrogen (secondary N) is 2. The number of carbonyl (C=O) groups is 1. The van der Waals surface area contributed by atoms with Gasteiger partial charge in [0.15, 0.2) is 5.82 Å². The Balaban J connectivity index is 1.60. The molecule has 9 heteroatoms. The number of nitrogens with zero attached hydrogens (tertiary/aromatic N) is 3. The first kappa shape index (κ1) is 19.1. The fourth-order valence-corrected chi connectivity index (χ4v) is 5.05. The molecule has 0 bridgehead atoms. The highest BCUT2D eigenvalue weighted by Gasteiger charge is 2.41. The monoisotopic (exact) mass is 403 g/mol. The number of hydrogen-bond donors (Lipinski definition) is 2. The van der Waals surface area contributed by atoms with Crippen LogP contribution in [-0.4, -0.2) is 53.2 Å². The molecule has 0 radical (unpaired) electrons. The van der Waals surface area contributed by atoms with Crippen LogP contribution >= 0.6 is 0 Å². The Morgan fingerprint density at radius 2 is 1.93 bits per heavy atom. The van der Waals surface area contributed by atoms with Gasteiger partial charge in [0.1, 0.15) is 5.82 Å². The molecule has 1 saturated heterocycles. The Hall–Kier alpha value is -2.26. The summed E-state index contributed by atoms with van der Waals surface area (Å²) >= 11 is 0. The van der Waals surface area contributed by atoms with Gasteiger partial charge in [0, 0.05) is 24.1 Å². The van der Waals surface area contributed by atoms with Gasteiger partial charge in [0.25, 0.3) is 0 Å². The molecule has 1 amide bonds. The normalized spacial score (nSPS) is 23.4. The summed E-state index contributed by atoms with van der Waals surface area (Å²) in [6.45, 7) is 0.356. The van der Waals surface area contributed by atoms with Crippen molar-refractivity contribution in [3.05, 3.63) is 36.2 Å². The summed E-state index contributed by atoms with van der Waals surface area (Å²) in [6, 6.07) is 8.99. The predicted octanol–water partition coefficient (Wildman–Crippen LogP) is 1.85. The topological polar surface area (TPSA) is 108 Å². The summed E-state index contributed by atoms with van der Waals surface area (Å²) in [7, 11) is -3.35. The van der Waals surface area contributed by atoms with E-state index < -0.39 is 10.0 Å². The van der Waals surface area contributed by atoms with Crippen LogP contribution < -0.4 is 4.72 Å². The van der Waals surface area contributed by atoms with E-state index in [9.17, 15) is 13.2 Å². The molecule has 2 fully saturated rings. The third-order valence-electron chi connectivity index (χ3n) is 5.52. The fraction of sp³-hybridized carbons (Fsp3) is 0.526. The maximum absolute atomic E-state index is 13.1. The minimum Gasteiger partial charge on any atom is -0.331 e. The van der Waals surface area contributed by atoms with Gasteiger partial charge in [0.2, 0.25) is 15.9 Å². The van der Waals surface area contributed by atoms with Crippen LogP contribution in [0.25, 0.3) is 11.4 Å². The molecule has 2 heterocycles. The van der Waals surface area contributed by atoms with Crippen LogP contribution in [0.3, 0.4) is 0 Å². The maximum Gasteiger partial charge on any atom is 0.226 e. The molecular formula is C19H25N5O3S. The van der Waals surface area contributed by atoms with Gasteiger partial charge in [-0.25, -0.2) is 18.1 Å². The van der Waals surface area contributed by atoms with E-state index in [0.717, 1.165) is 37.5 Å². The number of amides is 1. The molecule has 1 aromatic heterocycles. The summed E-state index contributed by atoms with van der Waals surface area (Å²) in [6.07, 6.45) is 5.57. The second-order valence-electron chi connectivity index (χ2n) is 7.72. The molecule has 1 aliphatic carbocycles. The lowest BCUT2D eigenvalue weighted by molar-refractivity contribution is -0.136. The lowest BCUT2D eigenvalue weighted by Crippen LogP contribution is -2.40. The molecule has 1 saturated carbocycles. The molecule has 2 atom stereocenters. The second-order valence-corrected chi connectivity index (χ2v) is 9.50. The van der Waals surface area contributed by atoms with Crippen molar-refractivity contribution >= 4 is 15.9 Å². The quantitative estimate of drug-likeness (QED) is 0.792. The van der Waals surface area contributed by atoms with Gasteiger partial charge in [-0.05, 0) is 19.3 Å². The summed E-state index contributed by atoms with van der Waals surface area (Å²) in [4.78, 5) is 19.5. The average Bonchev–Trinajstić information content (AvgIpc) is 3.40. The lowest BCUT2D eigenvalue weighted by Gasteiger charge is -2.25. The molecule has 2 aliphatic rings. The van der Waals surface area contributed by atoms with E-state index in [1.165, 1.54) is 0 Å². The average molecular weight is 404 g/mol. The Morgan fingerprint density at radius 3 is 2.61 bits per heavy atom. The predicted molar refractivity (Wildman–Crippen MR) is 105 cm³/mol. The lowest BCUT2D eigenvalue weighted by atomic mass is 10.1. The van der Waals surface area contributed by atoms with Gasteiger partial charge in [-0.1, -0.05) is 43.2 Å². The number of hydrogen-bond acceptors (Lipinski definition) is 5. The van der Waals surface area contributed by atoms with Crippen LogP contribution in [0.2, 0.25) is 0 Å². The molecule has 1 aromatic carbocycles. The molecule has 2 aromatic rings. The maximum atomic E-state index is 13.1. The van der Waals surface area contributed by atoms with Crippen LogP contribution in [-0.2, 0) is 14.8 Å². The minimum absolute atomic E-state index is 0.0241. The number of aromatic amines is 1. The Bertz CT molecular complexity index is 937. The van der Waals surface area contributed by atoms with Crippen molar-refractivity contribution in [2.45, 2.75) is 44.2 Å². The van der Waals surface area contributed by atoms with E-state index in [2.05, 4.69) is 19.9 Å². The van der Waals surface area contributed by atoms with Crippen LogP contribution in [0.4, 0.5) is 0 Å². The highest BCUT2D eigenvalue weighted by atomic mass is 32.2. The number of aromatic nitrogens is 3. The third-order valence-corrected chi connectivity index (χ3v) is 6.28. The molecular weight excluding hydrogens is 378 g/mol.